The summed E-state index contributed by atoms with van der Waals surface area (Å²) in [5, 5.41) is 7.80. The maximum Gasteiger partial charge on any atom is 0.191 e. The summed E-state index contributed by atoms with van der Waals surface area (Å²) in [7, 11) is 3.47. The maximum atomic E-state index is 5.19. The topological polar surface area (TPSA) is 58.5 Å². The minimum absolute atomic E-state index is 0. The SMILES string of the molecule is CN=C(NCCc1ccc(OC)cc1)NCc1sc(-c2ccccc2)nc1C.I. The highest BCUT2D eigenvalue weighted by atomic mass is 127. The van der Waals surface area contributed by atoms with E-state index in [-0.39, 0.29) is 24.0 Å². The first kappa shape index (κ1) is 23.2. The van der Waals surface area contributed by atoms with Gasteiger partial charge in [-0.2, -0.15) is 0 Å². The van der Waals surface area contributed by atoms with Gasteiger partial charge in [-0.05, 0) is 31.0 Å². The lowest BCUT2D eigenvalue weighted by atomic mass is 10.1. The molecule has 1 aromatic heterocycles. The van der Waals surface area contributed by atoms with Crippen molar-refractivity contribution in [1.82, 2.24) is 15.6 Å². The van der Waals surface area contributed by atoms with Crippen LogP contribution in [0.3, 0.4) is 0 Å². The quantitative estimate of drug-likeness (QED) is 0.270. The summed E-state index contributed by atoms with van der Waals surface area (Å²) in [6.07, 6.45) is 0.919. The molecule has 29 heavy (non-hydrogen) atoms. The zero-order valence-electron chi connectivity index (χ0n) is 16.9. The number of hydrogen-bond acceptors (Lipinski definition) is 4. The fraction of sp³-hybridized carbons (Fsp3) is 0.273. The Kier molecular flexibility index (Phi) is 9.40. The van der Waals surface area contributed by atoms with E-state index < -0.39 is 0 Å². The first-order valence-corrected chi connectivity index (χ1v) is 10.1. The summed E-state index contributed by atoms with van der Waals surface area (Å²) < 4.78 is 5.19. The Morgan fingerprint density at radius 1 is 1.07 bits per heavy atom. The van der Waals surface area contributed by atoms with Gasteiger partial charge in [-0.25, -0.2) is 4.98 Å². The number of rotatable bonds is 7. The Labute approximate surface area is 193 Å². The minimum atomic E-state index is 0. The minimum Gasteiger partial charge on any atom is -0.497 e. The normalized spacial score (nSPS) is 10.9. The summed E-state index contributed by atoms with van der Waals surface area (Å²) in [6, 6.07) is 18.4. The third-order valence-corrected chi connectivity index (χ3v) is 5.63. The Morgan fingerprint density at radius 3 is 2.45 bits per heavy atom. The molecular weight excluding hydrogens is 495 g/mol. The number of methoxy groups -OCH3 is 1. The molecule has 1 heterocycles. The third-order valence-electron chi connectivity index (χ3n) is 4.42. The van der Waals surface area contributed by atoms with Crippen molar-refractivity contribution in [2.45, 2.75) is 19.9 Å². The number of ether oxygens (including phenoxy) is 1. The molecule has 0 amide bonds. The highest BCUT2D eigenvalue weighted by Crippen LogP contribution is 2.27. The molecule has 0 saturated carbocycles. The van der Waals surface area contributed by atoms with E-state index in [0.717, 1.165) is 40.9 Å². The van der Waals surface area contributed by atoms with Crippen molar-refractivity contribution in [3.63, 3.8) is 0 Å². The number of aromatic nitrogens is 1. The molecule has 0 aliphatic carbocycles. The van der Waals surface area contributed by atoms with Crippen LogP contribution >= 0.6 is 35.3 Å². The van der Waals surface area contributed by atoms with Crippen LogP contribution in [0, 0.1) is 6.92 Å². The Morgan fingerprint density at radius 2 is 1.79 bits per heavy atom. The van der Waals surface area contributed by atoms with Gasteiger partial charge >= 0.3 is 0 Å². The van der Waals surface area contributed by atoms with E-state index in [9.17, 15) is 0 Å². The molecule has 0 atom stereocenters. The molecule has 0 bridgehead atoms. The van der Waals surface area contributed by atoms with Gasteiger partial charge in [0.15, 0.2) is 5.96 Å². The van der Waals surface area contributed by atoms with Crippen LogP contribution in [0.5, 0.6) is 5.75 Å². The zero-order chi connectivity index (χ0) is 19.8. The van der Waals surface area contributed by atoms with Gasteiger partial charge in [-0.1, -0.05) is 42.5 Å². The van der Waals surface area contributed by atoms with Gasteiger partial charge in [-0.3, -0.25) is 4.99 Å². The van der Waals surface area contributed by atoms with Crippen molar-refractivity contribution >= 4 is 41.3 Å². The molecular formula is C22H27IN4OS. The number of nitrogens with one attached hydrogen (secondary N) is 2. The van der Waals surface area contributed by atoms with Gasteiger partial charge in [0.1, 0.15) is 10.8 Å². The number of nitrogens with zero attached hydrogens (tertiary/aromatic N) is 2. The van der Waals surface area contributed by atoms with E-state index in [1.165, 1.54) is 10.4 Å². The highest BCUT2D eigenvalue weighted by molar-refractivity contribution is 14.0. The molecule has 3 rings (SSSR count). The van der Waals surface area contributed by atoms with Crippen LogP contribution in [0.1, 0.15) is 16.1 Å². The van der Waals surface area contributed by atoms with Gasteiger partial charge < -0.3 is 15.4 Å². The number of thiazole rings is 1. The Hall–Kier alpha value is -2.13. The maximum absolute atomic E-state index is 5.19. The Bertz CT molecular complexity index is 910. The lowest BCUT2D eigenvalue weighted by Crippen LogP contribution is -2.37. The molecule has 0 radical (unpaired) electrons. The number of aliphatic imine (C=N–C) groups is 1. The number of benzene rings is 2. The van der Waals surface area contributed by atoms with Gasteiger partial charge in [-0.15, -0.1) is 35.3 Å². The number of hydrogen-bond donors (Lipinski definition) is 2. The van der Waals surface area contributed by atoms with Gasteiger partial charge in [0.25, 0.3) is 0 Å². The van der Waals surface area contributed by atoms with Gasteiger partial charge in [0, 0.05) is 24.0 Å². The first-order chi connectivity index (χ1) is 13.7. The molecule has 154 valence electrons. The molecule has 7 heteroatoms. The van der Waals surface area contributed by atoms with Crippen LogP contribution in [0.15, 0.2) is 59.6 Å². The fourth-order valence-electron chi connectivity index (χ4n) is 2.80. The average molecular weight is 522 g/mol. The molecule has 0 fully saturated rings. The summed E-state index contributed by atoms with van der Waals surface area (Å²) in [6.45, 7) is 3.57. The Balaban J connectivity index is 0.00000300. The van der Waals surface area contributed by atoms with Crippen molar-refractivity contribution in [3.8, 4) is 16.3 Å². The molecule has 3 aromatic rings. The molecule has 0 unspecified atom stereocenters. The lowest BCUT2D eigenvalue weighted by molar-refractivity contribution is 0.414. The van der Waals surface area contributed by atoms with Crippen LogP contribution < -0.4 is 15.4 Å². The summed E-state index contributed by atoms with van der Waals surface area (Å²) in [5.74, 6) is 1.67. The van der Waals surface area contributed by atoms with Crippen LogP contribution in [0.4, 0.5) is 0 Å². The van der Waals surface area contributed by atoms with E-state index >= 15 is 0 Å². The van der Waals surface area contributed by atoms with E-state index in [0.29, 0.717) is 6.54 Å². The van der Waals surface area contributed by atoms with E-state index in [4.69, 9.17) is 9.72 Å². The van der Waals surface area contributed by atoms with Gasteiger partial charge in [0.2, 0.25) is 0 Å². The number of halogens is 1. The third kappa shape index (κ3) is 6.71. The zero-order valence-corrected chi connectivity index (χ0v) is 20.1. The summed E-state index contributed by atoms with van der Waals surface area (Å²) >= 11 is 1.72. The largest absolute Gasteiger partial charge is 0.497 e. The molecule has 5 nitrogen and oxygen atoms in total. The fourth-order valence-corrected chi connectivity index (χ4v) is 3.81. The van der Waals surface area contributed by atoms with Crippen molar-refractivity contribution in [2.75, 3.05) is 20.7 Å². The van der Waals surface area contributed by atoms with Crippen LogP contribution in [-0.2, 0) is 13.0 Å². The van der Waals surface area contributed by atoms with Crippen molar-refractivity contribution < 1.29 is 4.74 Å². The van der Waals surface area contributed by atoms with Crippen LogP contribution in [-0.4, -0.2) is 31.6 Å². The predicted octanol–water partition coefficient (Wildman–Crippen LogP) is 4.65. The van der Waals surface area contributed by atoms with E-state index in [2.05, 4.69) is 46.8 Å². The number of aryl methyl sites for hydroxylation is 1. The van der Waals surface area contributed by atoms with Gasteiger partial charge in [0.05, 0.1) is 19.3 Å². The van der Waals surface area contributed by atoms with E-state index in [1.54, 1.807) is 25.5 Å². The lowest BCUT2D eigenvalue weighted by Gasteiger charge is -2.11. The van der Waals surface area contributed by atoms with Crippen molar-refractivity contribution in [2.24, 2.45) is 4.99 Å². The second kappa shape index (κ2) is 11.8. The van der Waals surface area contributed by atoms with Crippen molar-refractivity contribution in [3.05, 3.63) is 70.7 Å². The summed E-state index contributed by atoms with van der Waals surface area (Å²) in [5.41, 5.74) is 3.48. The monoisotopic (exact) mass is 522 g/mol. The number of guanidine groups is 1. The molecule has 0 aliphatic rings. The smallest absolute Gasteiger partial charge is 0.191 e. The van der Waals surface area contributed by atoms with Crippen LogP contribution in [0.25, 0.3) is 10.6 Å². The molecule has 0 saturated heterocycles. The standard InChI is InChI=1S/C22H26N4OS.HI/c1-16-20(28-21(26-16)18-7-5-4-6-8-18)15-25-22(23-2)24-14-13-17-9-11-19(27-3)12-10-17;/h4-12H,13-15H2,1-3H3,(H2,23,24,25);1H. The van der Waals surface area contributed by atoms with Crippen molar-refractivity contribution in [1.29, 1.82) is 0 Å². The van der Waals surface area contributed by atoms with E-state index in [1.807, 2.05) is 30.3 Å². The molecule has 2 aromatic carbocycles. The second-order valence-corrected chi connectivity index (χ2v) is 7.43. The molecule has 0 spiro atoms. The van der Waals surface area contributed by atoms with Crippen LogP contribution in [0.2, 0.25) is 0 Å². The summed E-state index contributed by atoms with van der Waals surface area (Å²) in [4.78, 5) is 10.2. The molecule has 2 N–H and O–H groups in total. The average Bonchev–Trinajstić information content (AvgIpc) is 3.12. The highest BCUT2D eigenvalue weighted by Gasteiger charge is 2.09. The second-order valence-electron chi connectivity index (χ2n) is 6.34. The predicted molar refractivity (Wildman–Crippen MR) is 133 cm³/mol. The first-order valence-electron chi connectivity index (χ1n) is 9.28. The molecule has 0 aliphatic heterocycles.